The molecule has 0 spiro atoms. The normalized spacial score (nSPS) is 38.4. The Bertz CT molecular complexity index is 500. The van der Waals surface area contributed by atoms with E-state index < -0.39 is 0 Å². The van der Waals surface area contributed by atoms with Crippen LogP contribution in [0.15, 0.2) is 36.4 Å². The quantitative estimate of drug-likeness (QED) is 0.715. The van der Waals surface area contributed by atoms with Crippen molar-refractivity contribution in [3.8, 4) is 0 Å². The molecule has 0 radical (unpaired) electrons. The third-order valence-corrected chi connectivity index (χ3v) is 4.99. The highest BCUT2D eigenvalue weighted by Crippen LogP contribution is 2.57. The van der Waals surface area contributed by atoms with E-state index in [4.69, 9.17) is 0 Å². The molecule has 0 N–H and O–H groups in total. The van der Waals surface area contributed by atoms with Gasteiger partial charge in [-0.05, 0) is 42.6 Å². The van der Waals surface area contributed by atoms with Gasteiger partial charge < -0.3 is 0 Å². The molecule has 0 aliphatic heterocycles. The van der Waals surface area contributed by atoms with E-state index in [0.29, 0.717) is 23.5 Å². The van der Waals surface area contributed by atoms with Crippen molar-refractivity contribution in [1.82, 2.24) is 0 Å². The maximum atomic E-state index is 12.5. The lowest BCUT2D eigenvalue weighted by molar-refractivity contribution is -0.118. The van der Waals surface area contributed by atoms with Crippen LogP contribution in [0.4, 0.5) is 0 Å². The first-order chi connectivity index (χ1) is 8.34. The van der Waals surface area contributed by atoms with Gasteiger partial charge in [-0.15, -0.1) is 0 Å². The standard InChI is InChI=1S/C16H16O/c17-16-14(10-4-2-1-3-5-10)9-13-11-6-7-12(8-11)15(13)16/h1-5,9,11-13,15H,6-8H2/t11-,12+,13-,15+/m0/s1. The Labute approximate surface area is 102 Å². The highest BCUT2D eigenvalue weighted by atomic mass is 16.1. The van der Waals surface area contributed by atoms with Crippen molar-refractivity contribution in [2.24, 2.45) is 23.7 Å². The van der Waals surface area contributed by atoms with Gasteiger partial charge in [0.15, 0.2) is 5.78 Å². The van der Waals surface area contributed by atoms with Crippen LogP contribution in [0.5, 0.6) is 0 Å². The number of benzene rings is 1. The first-order valence-corrected chi connectivity index (χ1v) is 6.66. The topological polar surface area (TPSA) is 17.1 Å². The van der Waals surface area contributed by atoms with E-state index in [1.165, 1.54) is 19.3 Å². The lowest BCUT2D eigenvalue weighted by atomic mass is 9.81. The number of hydrogen-bond donors (Lipinski definition) is 0. The Morgan fingerprint density at radius 3 is 2.53 bits per heavy atom. The minimum Gasteiger partial charge on any atom is -0.294 e. The number of rotatable bonds is 1. The van der Waals surface area contributed by atoms with Crippen LogP contribution in [0, 0.1) is 23.7 Å². The van der Waals surface area contributed by atoms with Crippen LogP contribution in [0.25, 0.3) is 5.57 Å². The summed E-state index contributed by atoms with van der Waals surface area (Å²) in [5.41, 5.74) is 2.11. The van der Waals surface area contributed by atoms with Crippen molar-refractivity contribution < 1.29 is 4.79 Å². The summed E-state index contributed by atoms with van der Waals surface area (Å²) in [5, 5.41) is 0. The van der Waals surface area contributed by atoms with E-state index in [0.717, 1.165) is 17.1 Å². The molecule has 2 saturated carbocycles. The van der Waals surface area contributed by atoms with Crippen LogP contribution in [0.1, 0.15) is 24.8 Å². The molecule has 1 aromatic rings. The summed E-state index contributed by atoms with van der Waals surface area (Å²) in [5.74, 6) is 2.82. The minimum absolute atomic E-state index is 0.337. The van der Waals surface area contributed by atoms with Gasteiger partial charge in [0.1, 0.15) is 0 Å². The second kappa shape index (κ2) is 3.32. The zero-order chi connectivity index (χ0) is 11.4. The molecule has 0 saturated heterocycles. The van der Waals surface area contributed by atoms with E-state index >= 15 is 0 Å². The summed E-state index contributed by atoms with van der Waals surface area (Å²) >= 11 is 0. The van der Waals surface area contributed by atoms with Crippen LogP contribution in [0.2, 0.25) is 0 Å². The lowest BCUT2D eigenvalue weighted by Gasteiger charge is -2.22. The second-order valence-corrected chi connectivity index (χ2v) is 5.75. The molecule has 0 heterocycles. The van der Waals surface area contributed by atoms with Crippen molar-refractivity contribution >= 4 is 11.4 Å². The molecule has 3 aliphatic carbocycles. The van der Waals surface area contributed by atoms with Crippen molar-refractivity contribution in [1.29, 1.82) is 0 Å². The average Bonchev–Trinajstić information content (AvgIpc) is 3.03. The number of carbonyl (C=O) groups excluding carboxylic acids is 1. The van der Waals surface area contributed by atoms with Crippen LogP contribution in [-0.2, 0) is 4.79 Å². The summed E-state index contributed by atoms with van der Waals surface area (Å²) < 4.78 is 0. The zero-order valence-electron chi connectivity index (χ0n) is 9.80. The molecule has 0 amide bonds. The number of allylic oxidation sites excluding steroid dienone is 2. The van der Waals surface area contributed by atoms with Gasteiger partial charge in [0.05, 0.1) is 0 Å². The molecule has 2 bridgehead atoms. The van der Waals surface area contributed by atoms with E-state index in [-0.39, 0.29) is 0 Å². The third-order valence-electron chi connectivity index (χ3n) is 4.99. The summed E-state index contributed by atoms with van der Waals surface area (Å²) in [6.07, 6.45) is 6.22. The van der Waals surface area contributed by atoms with E-state index in [2.05, 4.69) is 18.2 Å². The third kappa shape index (κ3) is 1.23. The van der Waals surface area contributed by atoms with Gasteiger partial charge in [-0.1, -0.05) is 36.4 Å². The second-order valence-electron chi connectivity index (χ2n) is 5.75. The number of fused-ring (bicyclic) bond motifs is 5. The summed E-state index contributed by atoms with van der Waals surface area (Å²) in [4.78, 5) is 12.5. The predicted molar refractivity (Wildman–Crippen MR) is 67.2 cm³/mol. The molecule has 0 aromatic heterocycles. The predicted octanol–water partition coefficient (Wildman–Crippen LogP) is 3.32. The molecule has 2 fully saturated rings. The monoisotopic (exact) mass is 224 g/mol. The number of carbonyl (C=O) groups is 1. The Kier molecular flexibility index (Phi) is 1.88. The maximum absolute atomic E-state index is 12.5. The first kappa shape index (κ1) is 9.64. The van der Waals surface area contributed by atoms with Gasteiger partial charge in [0.25, 0.3) is 0 Å². The minimum atomic E-state index is 0.337. The lowest BCUT2D eigenvalue weighted by Crippen LogP contribution is -2.23. The fourth-order valence-electron chi connectivity index (χ4n) is 4.27. The van der Waals surface area contributed by atoms with Crippen LogP contribution in [-0.4, -0.2) is 5.78 Å². The van der Waals surface area contributed by atoms with Gasteiger partial charge in [0.2, 0.25) is 0 Å². The average molecular weight is 224 g/mol. The van der Waals surface area contributed by atoms with E-state index in [1.807, 2.05) is 18.2 Å². The van der Waals surface area contributed by atoms with Crippen molar-refractivity contribution in [2.75, 3.05) is 0 Å². The molecule has 4 atom stereocenters. The highest BCUT2D eigenvalue weighted by molar-refractivity contribution is 6.24. The van der Waals surface area contributed by atoms with E-state index in [1.54, 1.807) is 0 Å². The fourth-order valence-corrected chi connectivity index (χ4v) is 4.27. The van der Waals surface area contributed by atoms with Crippen molar-refractivity contribution in [3.05, 3.63) is 42.0 Å². The van der Waals surface area contributed by atoms with Crippen molar-refractivity contribution in [2.45, 2.75) is 19.3 Å². The number of hydrogen-bond acceptors (Lipinski definition) is 1. The smallest absolute Gasteiger partial charge is 0.167 e. The van der Waals surface area contributed by atoms with Gasteiger partial charge >= 0.3 is 0 Å². The molecule has 3 aliphatic rings. The summed E-state index contributed by atoms with van der Waals surface area (Å²) in [6.45, 7) is 0. The Morgan fingerprint density at radius 2 is 1.76 bits per heavy atom. The molecule has 17 heavy (non-hydrogen) atoms. The zero-order valence-corrected chi connectivity index (χ0v) is 9.80. The van der Waals surface area contributed by atoms with Crippen molar-refractivity contribution in [3.63, 3.8) is 0 Å². The number of ketones is 1. The molecule has 1 aromatic carbocycles. The van der Waals surface area contributed by atoms with Gasteiger partial charge in [-0.2, -0.15) is 0 Å². The Balaban J connectivity index is 1.75. The first-order valence-electron chi connectivity index (χ1n) is 6.66. The molecule has 1 heteroatoms. The van der Waals surface area contributed by atoms with Crippen LogP contribution >= 0.6 is 0 Å². The largest absolute Gasteiger partial charge is 0.294 e. The molecular formula is C16H16O. The number of Topliss-reactive ketones (excluding diaryl/α,β-unsaturated/α-hetero) is 1. The molecule has 1 nitrogen and oxygen atoms in total. The maximum Gasteiger partial charge on any atom is 0.167 e. The Morgan fingerprint density at radius 1 is 1.00 bits per heavy atom. The molecule has 4 rings (SSSR count). The molecule has 0 unspecified atom stereocenters. The fraction of sp³-hybridized carbons (Fsp3) is 0.438. The SMILES string of the molecule is O=C1C(c2ccccc2)=C[C@H]2[C@H]3CC[C@H](C3)[C@@H]12. The van der Waals surface area contributed by atoms with Crippen LogP contribution < -0.4 is 0 Å². The Hall–Kier alpha value is -1.37. The van der Waals surface area contributed by atoms with Gasteiger partial charge in [-0.3, -0.25) is 4.79 Å². The van der Waals surface area contributed by atoms with Gasteiger partial charge in [0, 0.05) is 11.5 Å². The summed E-state index contributed by atoms with van der Waals surface area (Å²) in [6, 6.07) is 10.2. The van der Waals surface area contributed by atoms with Gasteiger partial charge in [-0.25, -0.2) is 0 Å². The van der Waals surface area contributed by atoms with Crippen LogP contribution in [0.3, 0.4) is 0 Å². The summed E-state index contributed by atoms with van der Waals surface area (Å²) in [7, 11) is 0. The van der Waals surface area contributed by atoms with E-state index in [9.17, 15) is 4.79 Å². The molecular weight excluding hydrogens is 208 g/mol. The highest BCUT2D eigenvalue weighted by Gasteiger charge is 2.53. The molecule has 86 valence electrons.